The largest absolute Gasteiger partial charge is 0.322 e. The Balaban J connectivity index is 1.74. The van der Waals surface area contributed by atoms with Crippen LogP contribution in [0.25, 0.3) is 16.8 Å². The van der Waals surface area contributed by atoms with E-state index in [2.05, 4.69) is 27.3 Å². The smallest absolute Gasteiger partial charge is 0.248 e. The molecule has 0 unspecified atom stereocenters. The van der Waals surface area contributed by atoms with Gasteiger partial charge >= 0.3 is 0 Å². The summed E-state index contributed by atoms with van der Waals surface area (Å²) in [4.78, 5) is 12.0. The van der Waals surface area contributed by atoms with Crippen molar-refractivity contribution in [1.29, 1.82) is 0 Å². The van der Waals surface area contributed by atoms with Crippen molar-refractivity contribution < 1.29 is 4.79 Å². The first-order valence-electron chi connectivity index (χ1n) is 6.94. The van der Waals surface area contributed by atoms with Gasteiger partial charge in [-0.3, -0.25) is 4.79 Å². The van der Waals surface area contributed by atoms with Crippen LogP contribution in [0.15, 0.2) is 77.3 Å². The zero-order valence-corrected chi connectivity index (χ0v) is 13.4. The van der Waals surface area contributed by atoms with E-state index in [0.717, 1.165) is 26.5 Å². The quantitative estimate of drug-likeness (QED) is 0.641. The fourth-order valence-corrected chi connectivity index (χ4v) is 2.59. The fourth-order valence-electron chi connectivity index (χ4n) is 2.21. The lowest BCUT2D eigenvalue weighted by Gasteiger charge is -2.05. The maximum absolute atomic E-state index is 12.0. The zero-order chi connectivity index (χ0) is 15.4. The molecule has 0 aromatic heterocycles. The van der Waals surface area contributed by atoms with Crippen molar-refractivity contribution in [3.63, 3.8) is 0 Å². The van der Waals surface area contributed by atoms with E-state index in [1.54, 1.807) is 12.2 Å². The molecule has 3 rings (SSSR count). The van der Waals surface area contributed by atoms with Crippen LogP contribution in [-0.4, -0.2) is 5.91 Å². The Morgan fingerprint density at radius 2 is 1.64 bits per heavy atom. The van der Waals surface area contributed by atoms with Crippen molar-refractivity contribution in [3.05, 3.63) is 82.8 Å². The molecule has 108 valence electrons. The molecule has 0 fully saturated rings. The number of hydrogen-bond acceptors (Lipinski definition) is 1. The number of anilines is 1. The predicted molar refractivity (Wildman–Crippen MR) is 95.8 cm³/mol. The van der Waals surface area contributed by atoms with Gasteiger partial charge in [0.2, 0.25) is 5.91 Å². The zero-order valence-electron chi connectivity index (χ0n) is 11.8. The maximum Gasteiger partial charge on any atom is 0.248 e. The van der Waals surface area contributed by atoms with Crippen LogP contribution in [0.4, 0.5) is 5.69 Å². The molecule has 0 saturated heterocycles. The van der Waals surface area contributed by atoms with Crippen LogP contribution >= 0.6 is 15.9 Å². The van der Waals surface area contributed by atoms with E-state index in [-0.39, 0.29) is 5.91 Å². The number of halogens is 1. The van der Waals surface area contributed by atoms with Crippen molar-refractivity contribution in [2.75, 3.05) is 5.32 Å². The normalized spacial score (nSPS) is 11.0. The van der Waals surface area contributed by atoms with E-state index < -0.39 is 0 Å². The number of carbonyl (C=O) groups is 1. The number of fused-ring (bicyclic) bond motifs is 1. The van der Waals surface area contributed by atoms with Crippen molar-refractivity contribution in [2.24, 2.45) is 0 Å². The van der Waals surface area contributed by atoms with Gasteiger partial charge in [0.25, 0.3) is 0 Å². The topological polar surface area (TPSA) is 29.1 Å². The van der Waals surface area contributed by atoms with Crippen molar-refractivity contribution in [3.8, 4) is 0 Å². The lowest BCUT2D eigenvalue weighted by molar-refractivity contribution is -0.111. The molecule has 0 spiro atoms. The van der Waals surface area contributed by atoms with E-state index >= 15 is 0 Å². The molecule has 0 aliphatic rings. The Morgan fingerprint density at radius 1 is 0.909 bits per heavy atom. The summed E-state index contributed by atoms with van der Waals surface area (Å²) in [5.41, 5.74) is 1.79. The number of carbonyl (C=O) groups excluding carboxylic acids is 1. The minimum Gasteiger partial charge on any atom is -0.322 e. The van der Waals surface area contributed by atoms with Gasteiger partial charge in [0.05, 0.1) is 0 Å². The molecule has 1 N–H and O–H groups in total. The third-order valence-corrected chi connectivity index (χ3v) is 3.79. The predicted octanol–water partition coefficient (Wildman–Crippen LogP) is 5.25. The van der Waals surface area contributed by atoms with Gasteiger partial charge in [0.15, 0.2) is 0 Å². The summed E-state index contributed by atoms with van der Waals surface area (Å²) in [6, 6.07) is 21.7. The molecular formula is C19H14BrNO. The summed E-state index contributed by atoms with van der Waals surface area (Å²) in [6.07, 6.45) is 3.34. The maximum atomic E-state index is 12.0. The van der Waals surface area contributed by atoms with Gasteiger partial charge in [-0.25, -0.2) is 0 Å². The lowest BCUT2D eigenvalue weighted by Crippen LogP contribution is -2.07. The van der Waals surface area contributed by atoms with E-state index in [1.165, 1.54) is 0 Å². The van der Waals surface area contributed by atoms with Crippen LogP contribution in [0.1, 0.15) is 5.56 Å². The molecule has 0 heterocycles. The molecule has 3 heteroatoms. The first-order chi connectivity index (χ1) is 10.7. The van der Waals surface area contributed by atoms with Crippen LogP contribution in [0, 0.1) is 0 Å². The third-order valence-electron chi connectivity index (χ3n) is 3.30. The highest BCUT2D eigenvalue weighted by atomic mass is 79.9. The summed E-state index contributed by atoms with van der Waals surface area (Å²) in [5.74, 6) is -0.139. The highest BCUT2D eigenvalue weighted by Crippen LogP contribution is 2.23. The summed E-state index contributed by atoms with van der Waals surface area (Å²) in [5, 5.41) is 5.10. The first kappa shape index (κ1) is 14.5. The van der Waals surface area contributed by atoms with E-state index in [4.69, 9.17) is 0 Å². The van der Waals surface area contributed by atoms with Gasteiger partial charge in [-0.1, -0.05) is 58.4 Å². The third kappa shape index (κ3) is 3.62. The molecule has 3 aromatic rings. The minimum atomic E-state index is -0.139. The van der Waals surface area contributed by atoms with Crippen molar-refractivity contribution >= 4 is 44.4 Å². The molecule has 1 amide bonds. The molecule has 0 aliphatic heterocycles. The molecule has 0 radical (unpaired) electrons. The average Bonchev–Trinajstić information content (AvgIpc) is 2.54. The SMILES string of the molecule is O=C(/C=C/c1ccccc1)Nc1ccc2cc(Br)ccc2c1. The van der Waals surface area contributed by atoms with Crippen molar-refractivity contribution in [1.82, 2.24) is 0 Å². The first-order valence-corrected chi connectivity index (χ1v) is 7.73. The number of rotatable bonds is 3. The second-order valence-electron chi connectivity index (χ2n) is 4.94. The summed E-state index contributed by atoms with van der Waals surface area (Å²) < 4.78 is 1.04. The van der Waals surface area contributed by atoms with Gasteiger partial charge < -0.3 is 5.32 Å². The summed E-state index contributed by atoms with van der Waals surface area (Å²) in [6.45, 7) is 0. The molecule has 2 nitrogen and oxygen atoms in total. The molecular weight excluding hydrogens is 338 g/mol. The standard InChI is InChI=1S/C19H14BrNO/c20-17-9-7-16-13-18(10-8-15(16)12-17)21-19(22)11-6-14-4-2-1-3-5-14/h1-13H,(H,21,22)/b11-6+. The van der Waals surface area contributed by atoms with Crippen LogP contribution in [0.5, 0.6) is 0 Å². The molecule has 3 aromatic carbocycles. The monoisotopic (exact) mass is 351 g/mol. The average molecular weight is 352 g/mol. The molecule has 0 saturated carbocycles. The number of benzene rings is 3. The second kappa shape index (κ2) is 6.58. The van der Waals surface area contributed by atoms with Gasteiger partial charge in [0, 0.05) is 16.2 Å². The van der Waals surface area contributed by atoms with Crippen LogP contribution in [0.2, 0.25) is 0 Å². The van der Waals surface area contributed by atoms with Gasteiger partial charge in [-0.05, 0) is 46.7 Å². The molecule has 22 heavy (non-hydrogen) atoms. The molecule has 0 aliphatic carbocycles. The lowest BCUT2D eigenvalue weighted by atomic mass is 10.1. The Labute approximate surface area is 137 Å². The number of hydrogen-bond donors (Lipinski definition) is 1. The Bertz CT molecular complexity index is 840. The highest BCUT2D eigenvalue weighted by Gasteiger charge is 2.00. The van der Waals surface area contributed by atoms with Crippen LogP contribution in [0.3, 0.4) is 0 Å². The Kier molecular flexibility index (Phi) is 4.35. The van der Waals surface area contributed by atoms with Gasteiger partial charge in [-0.2, -0.15) is 0 Å². The van der Waals surface area contributed by atoms with Crippen molar-refractivity contribution in [2.45, 2.75) is 0 Å². The number of nitrogens with one attached hydrogen (secondary N) is 1. The summed E-state index contributed by atoms with van der Waals surface area (Å²) in [7, 11) is 0. The van der Waals surface area contributed by atoms with E-state index in [1.807, 2.05) is 60.7 Å². The summed E-state index contributed by atoms with van der Waals surface area (Å²) >= 11 is 3.46. The Hall–Kier alpha value is -2.39. The van der Waals surface area contributed by atoms with E-state index in [0.29, 0.717) is 0 Å². The molecule has 0 atom stereocenters. The van der Waals surface area contributed by atoms with Crippen LogP contribution in [-0.2, 0) is 4.79 Å². The van der Waals surface area contributed by atoms with Crippen LogP contribution < -0.4 is 5.32 Å². The number of amides is 1. The van der Waals surface area contributed by atoms with Gasteiger partial charge in [0.1, 0.15) is 0 Å². The molecule has 0 bridgehead atoms. The minimum absolute atomic E-state index is 0.139. The Morgan fingerprint density at radius 3 is 2.45 bits per heavy atom. The van der Waals surface area contributed by atoms with Gasteiger partial charge in [-0.15, -0.1) is 0 Å². The highest BCUT2D eigenvalue weighted by molar-refractivity contribution is 9.10. The van der Waals surface area contributed by atoms with E-state index in [9.17, 15) is 4.79 Å². The fraction of sp³-hybridized carbons (Fsp3) is 0. The second-order valence-corrected chi connectivity index (χ2v) is 5.86.